The molecule has 17 heavy (non-hydrogen) atoms. The van der Waals surface area contributed by atoms with E-state index in [1.54, 1.807) is 0 Å². The van der Waals surface area contributed by atoms with E-state index in [1.165, 1.54) is 12.0 Å². The molecule has 0 fully saturated rings. The second-order valence-electron chi connectivity index (χ2n) is 4.20. The Bertz CT molecular complexity index is 254. The Morgan fingerprint density at radius 2 is 2.18 bits per heavy atom. The molecule has 3 N–H and O–H groups in total. The van der Waals surface area contributed by atoms with Crippen LogP contribution < -0.4 is 11.3 Å². The van der Waals surface area contributed by atoms with Gasteiger partial charge >= 0.3 is 6.18 Å². The summed E-state index contributed by atoms with van der Waals surface area (Å²) in [5, 5.41) is 0. The first-order valence-corrected chi connectivity index (χ1v) is 5.82. The van der Waals surface area contributed by atoms with E-state index in [2.05, 4.69) is 16.2 Å². The maximum absolute atomic E-state index is 11.8. The summed E-state index contributed by atoms with van der Waals surface area (Å²) in [6.07, 6.45) is 2.62. The zero-order valence-corrected chi connectivity index (χ0v) is 9.72. The highest BCUT2D eigenvalue weighted by Crippen LogP contribution is 2.22. The minimum Gasteiger partial charge on any atom is -0.372 e. The maximum Gasteiger partial charge on any atom is 0.411 e. The lowest BCUT2D eigenvalue weighted by Crippen LogP contribution is -2.38. The molecule has 0 radical (unpaired) electrons. The molecule has 6 heteroatoms. The van der Waals surface area contributed by atoms with Crippen LogP contribution in [0, 0.1) is 0 Å². The molecule has 0 bridgehead atoms. The molecule has 1 aliphatic rings. The number of nitrogens with two attached hydrogens (primary N) is 1. The Morgan fingerprint density at radius 1 is 1.41 bits per heavy atom. The van der Waals surface area contributed by atoms with Gasteiger partial charge in [0.2, 0.25) is 0 Å². The van der Waals surface area contributed by atoms with Crippen LogP contribution in [-0.4, -0.2) is 25.4 Å². The van der Waals surface area contributed by atoms with Crippen molar-refractivity contribution in [1.82, 2.24) is 5.43 Å². The van der Waals surface area contributed by atoms with Gasteiger partial charge in [-0.05, 0) is 32.1 Å². The average Bonchev–Trinajstić information content (AvgIpc) is 2.29. The number of halogens is 3. The summed E-state index contributed by atoms with van der Waals surface area (Å²) in [5.74, 6) is 5.40. The summed E-state index contributed by atoms with van der Waals surface area (Å²) in [6, 6.07) is -0.0662. The van der Waals surface area contributed by atoms with Crippen LogP contribution in [0.5, 0.6) is 0 Å². The van der Waals surface area contributed by atoms with Gasteiger partial charge in [0.1, 0.15) is 6.61 Å². The van der Waals surface area contributed by atoms with Crippen LogP contribution in [0.2, 0.25) is 0 Å². The lowest BCUT2D eigenvalue weighted by Gasteiger charge is -2.22. The molecule has 1 aliphatic carbocycles. The van der Waals surface area contributed by atoms with Gasteiger partial charge in [0.25, 0.3) is 0 Å². The summed E-state index contributed by atoms with van der Waals surface area (Å²) in [5.41, 5.74) is 3.83. The lowest BCUT2D eigenvalue weighted by molar-refractivity contribution is -0.174. The molecule has 0 amide bonds. The van der Waals surface area contributed by atoms with Crippen LogP contribution in [0.15, 0.2) is 11.6 Å². The van der Waals surface area contributed by atoms with Crippen molar-refractivity contribution in [1.29, 1.82) is 0 Å². The van der Waals surface area contributed by atoms with Crippen LogP contribution in [0.3, 0.4) is 0 Å². The standard InChI is InChI=1S/C11H19F3N2O/c12-11(13,14)8-17-7-6-10(16-15)9-4-2-1-3-5-9/h4,10,16H,1-3,5-8,15H2. The van der Waals surface area contributed by atoms with E-state index in [0.717, 1.165) is 19.3 Å². The van der Waals surface area contributed by atoms with Crippen molar-refractivity contribution < 1.29 is 17.9 Å². The number of hydrogen-bond donors (Lipinski definition) is 2. The first-order valence-electron chi connectivity index (χ1n) is 5.82. The molecule has 1 unspecified atom stereocenters. The quantitative estimate of drug-likeness (QED) is 0.330. The van der Waals surface area contributed by atoms with Crippen LogP contribution >= 0.6 is 0 Å². The predicted octanol–water partition coefficient (Wildman–Crippen LogP) is 2.29. The van der Waals surface area contributed by atoms with Gasteiger partial charge in [-0.1, -0.05) is 11.6 Å². The normalized spacial score (nSPS) is 18.9. The fraction of sp³-hybridized carbons (Fsp3) is 0.818. The number of nitrogens with one attached hydrogen (secondary N) is 1. The minimum atomic E-state index is -4.25. The first kappa shape index (κ1) is 14.5. The molecule has 0 aromatic carbocycles. The molecule has 1 atom stereocenters. The fourth-order valence-corrected chi connectivity index (χ4v) is 1.94. The molecule has 0 saturated carbocycles. The van der Waals surface area contributed by atoms with Gasteiger partial charge in [0.15, 0.2) is 0 Å². The second kappa shape index (κ2) is 6.98. The first-order chi connectivity index (χ1) is 8.03. The predicted molar refractivity (Wildman–Crippen MR) is 59.2 cm³/mol. The molecule has 1 rings (SSSR count). The molecular formula is C11H19F3N2O. The molecule has 0 aromatic rings. The van der Waals surface area contributed by atoms with Crippen molar-refractivity contribution in [2.45, 2.75) is 44.3 Å². The van der Waals surface area contributed by atoms with E-state index < -0.39 is 12.8 Å². The van der Waals surface area contributed by atoms with Gasteiger partial charge in [0.05, 0.1) is 0 Å². The molecule has 0 aliphatic heterocycles. The Hall–Kier alpha value is -0.590. The third kappa shape index (κ3) is 6.05. The average molecular weight is 252 g/mol. The van der Waals surface area contributed by atoms with Gasteiger partial charge in [-0.2, -0.15) is 13.2 Å². The SMILES string of the molecule is NNC(CCOCC(F)(F)F)C1=CCCCC1. The Labute approximate surface area is 99.2 Å². The van der Waals surface area contributed by atoms with Crippen molar-refractivity contribution in [2.24, 2.45) is 5.84 Å². The number of ether oxygens (including phenoxy) is 1. The molecule has 0 saturated heterocycles. The Kier molecular flexibility index (Phi) is 5.94. The summed E-state index contributed by atoms with van der Waals surface area (Å²) < 4.78 is 40.1. The van der Waals surface area contributed by atoms with Gasteiger partial charge < -0.3 is 4.74 Å². The van der Waals surface area contributed by atoms with Crippen LogP contribution in [-0.2, 0) is 4.74 Å². The van der Waals surface area contributed by atoms with Gasteiger partial charge in [-0.15, -0.1) is 0 Å². The fourth-order valence-electron chi connectivity index (χ4n) is 1.94. The molecule has 3 nitrogen and oxygen atoms in total. The molecule has 100 valence electrons. The topological polar surface area (TPSA) is 47.3 Å². The van der Waals surface area contributed by atoms with Gasteiger partial charge in [-0.3, -0.25) is 11.3 Å². The third-order valence-electron chi connectivity index (χ3n) is 2.79. The van der Waals surface area contributed by atoms with Crippen molar-refractivity contribution in [3.63, 3.8) is 0 Å². The zero-order valence-electron chi connectivity index (χ0n) is 9.72. The Balaban J connectivity index is 2.25. The monoisotopic (exact) mass is 252 g/mol. The largest absolute Gasteiger partial charge is 0.411 e. The van der Waals surface area contributed by atoms with Crippen molar-refractivity contribution >= 4 is 0 Å². The summed E-state index contributed by atoms with van der Waals surface area (Å²) in [7, 11) is 0. The van der Waals surface area contributed by atoms with Crippen molar-refractivity contribution in [2.75, 3.05) is 13.2 Å². The molecule has 0 spiro atoms. The van der Waals surface area contributed by atoms with E-state index >= 15 is 0 Å². The lowest BCUT2D eigenvalue weighted by atomic mass is 9.93. The van der Waals surface area contributed by atoms with Gasteiger partial charge in [0, 0.05) is 12.6 Å². The number of hydrogen-bond acceptors (Lipinski definition) is 3. The summed E-state index contributed by atoms with van der Waals surface area (Å²) in [4.78, 5) is 0. The van der Waals surface area contributed by atoms with Crippen LogP contribution in [0.25, 0.3) is 0 Å². The van der Waals surface area contributed by atoms with Crippen LogP contribution in [0.4, 0.5) is 13.2 Å². The van der Waals surface area contributed by atoms with Gasteiger partial charge in [-0.25, -0.2) is 0 Å². The number of allylic oxidation sites excluding steroid dienone is 1. The smallest absolute Gasteiger partial charge is 0.372 e. The highest BCUT2D eigenvalue weighted by Gasteiger charge is 2.27. The van der Waals surface area contributed by atoms with E-state index in [-0.39, 0.29) is 12.6 Å². The van der Waals surface area contributed by atoms with E-state index in [9.17, 15) is 13.2 Å². The van der Waals surface area contributed by atoms with E-state index in [0.29, 0.717) is 6.42 Å². The van der Waals surface area contributed by atoms with Crippen molar-refractivity contribution in [3.05, 3.63) is 11.6 Å². The Morgan fingerprint density at radius 3 is 2.71 bits per heavy atom. The maximum atomic E-state index is 11.8. The zero-order chi connectivity index (χ0) is 12.7. The number of rotatable bonds is 6. The highest BCUT2D eigenvalue weighted by molar-refractivity contribution is 5.12. The highest BCUT2D eigenvalue weighted by atomic mass is 19.4. The number of alkyl halides is 3. The van der Waals surface area contributed by atoms with Crippen molar-refractivity contribution in [3.8, 4) is 0 Å². The van der Waals surface area contributed by atoms with E-state index in [1.807, 2.05) is 0 Å². The summed E-state index contributed by atoms with van der Waals surface area (Å²) in [6.45, 7) is -1.13. The van der Waals surface area contributed by atoms with Crippen LogP contribution in [0.1, 0.15) is 32.1 Å². The van der Waals surface area contributed by atoms with E-state index in [4.69, 9.17) is 5.84 Å². The molecule has 0 aromatic heterocycles. The molecule has 0 heterocycles. The molecular weight excluding hydrogens is 233 g/mol. The third-order valence-corrected chi connectivity index (χ3v) is 2.79. The minimum absolute atomic E-state index is 0.0612. The second-order valence-corrected chi connectivity index (χ2v) is 4.20. The number of hydrazine groups is 1. The summed E-state index contributed by atoms with van der Waals surface area (Å²) >= 11 is 0.